The van der Waals surface area contributed by atoms with E-state index in [4.69, 9.17) is 14.7 Å². The molecule has 0 bridgehead atoms. The minimum absolute atomic E-state index is 0. The minimum atomic E-state index is -0.263. The van der Waals surface area contributed by atoms with Crippen LogP contribution < -0.4 is 20.5 Å². The van der Waals surface area contributed by atoms with Crippen LogP contribution in [0.2, 0.25) is 0 Å². The van der Waals surface area contributed by atoms with Crippen LogP contribution in [0.5, 0.6) is 5.75 Å². The Morgan fingerprint density at radius 3 is 2.51 bits per heavy atom. The van der Waals surface area contributed by atoms with Gasteiger partial charge in [0.2, 0.25) is 5.95 Å². The number of ketones is 1. The quantitative estimate of drug-likeness (QED) is 0.441. The van der Waals surface area contributed by atoms with Crippen LogP contribution in [0, 0.1) is 11.8 Å². The molecular weight excluding hydrogens is 466 g/mol. The molecule has 37 heavy (non-hydrogen) atoms. The summed E-state index contributed by atoms with van der Waals surface area (Å²) >= 11 is 0. The maximum absolute atomic E-state index is 12.6. The molecular formula is C29H41N5O3. The molecule has 8 nitrogen and oxygen atoms in total. The van der Waals surface area contributed by atoms with E-state index in [1.165, 1.54) is 13.3 Å². The third-order valence-electron chi connectivity index (χ3n) is 6.86. The lowest BCUT2D eigenvalue weighted by molar-refractivity contribution is -0.118. The number of fused-ring (bicyclic) bond motifs is 1. The maximum atomic E-state index is 12.6. The molecule has 1 aromatic carbocycles. The molecule has 2 aromatic heterocycles. The largest absolute Gasteiger partial charge is 0.480 e. The molecule has 1 saturated heterocycles. The molecule has 200 valence electrons. The second kappa shape index (κ2) is 11.3. The summed E-state index contributed by atoms with van der Waals surface area (Å²) in [6, 6.07) is 7.57. The summed E-state index contributed by atoms with van der Waals surface area (Å²) in [6.45, 7) is 11.8. The van der Waals surface area contributed by atoms with Crippen molar-refractivity contribution in [1.82, 2.24) is 14.5 Å². The average molecular weight is 508 g/mol. The van der Waals surface area contributed by atoms with Gasteiger partial charge < -0.3 is 19.5 Å². The van der Waals surface area contributed by atoms with Crippen molar-refractivity contribution in [1.29, 1.82) is 0 Å². The Hall–Kier alpha value is -3.42. The van der Waals surface area contributed by atoms with Gasteiger partial charge in [-0.2, -0.15) is 4.98 Å². The SMILES string of the molecule is CC.CC(=O)COc1cc2cc(Nc3nc(N4C[C@H](C)C[C@H](C)C4)ncc3C3CC3)ccc2n(C)c1=O.[HH]. The van der Waals surface area contributed by atoms with E-state index in [-0.39, 0.29) is 25.1 Å². The highest BCUT2D eigenvalue weighted by molar-refractivity contribution is 5.85. The molecule has 2 fully saturated rings. The van der Waals surface area contributed by atoms with Gasteiger partial charge >= 0.3 is 0 Å². The van der Waals surface area contributed by atoms with Gasteiger partial charge in [0.15, 0.2) is 11.5 Å². The van der Waals surface area contributed by atoms with Crippen molar-refractivity contribution in [2.45, 2.75) is 59.8 Å². The third kappa shape index (κ3) is 6.12. The zero-order chi connectivity index (χ0) is 26.7. The van der Waals surface area contributed by atoms with Crippen LogP contribution in [-0.2, 0) is 11.8 Å². The number of carbonyl (C=O) groups excluding carboxylic acids is 1. The summed E-state index contributed by atoms with van der Waals surface area (Å²) in [4.78, 5) is 36.0. The lowest BCUT2D eigenvalue weighted by Crippen LogP contribution is -2.39. The van der Waals surface area contributed by atoms with E-state index in [0.29, 0.717) is 17.8 Å². The molecule has 8 heteroatoms. The Morgan fingerprint density at radius 2 is 1.86 bits per heavy atom. The van der Waals surface area contributed by atoms with Gasteiger partial charge in [-0.3, -0.25) is 9.59 Å². The number of aromatic nitrogens is 3. The van der Waals surface area contributed by atoms with Gasteiger partial charge in [-0.1, -0.05) is 27.7 Å². The maximum Gasteiger partial charge on any atom is 0.293 e. The molecule has 5 rings (SSSR count). The Morgan fingerprint density at radius 1 is 1.16 bits per heavy atom. The number of aryl methyl sites for hydroxylation is 1. The number of benzene rings is 1. The first-order chi connectivity index (χ1) is 17.8. The van der Waals surface area contributed by atoms with Crippen LogP contribution >= 0.6 is 0 Å². The van der Waals surface area contributed by atoms with Crippen molar-refractivity contribution >= 4 is 34.1 Å². The normalized spacial score (nSPS) is 19.2. The van der Waals surface area contributed by atoms with Crippen molar-refractivity contribution in [3.05, 3.63) is 46.4 Å². The van der Waals surface area contributed by atoms with Gasteiger partial charge in [-0.15, -0.1) is 0 Å². The Kier molecular flexibility index (Phi) is 8.15. The predicted molar refractivity (Wildman–Crippen MR) is 151 cm³/mol. The van der Waals surface area contributed by atoms with Crippen molar-refractivity contribution in [2.24, 2.45) is 18.9 Å². The van der Waals surface area contributed by atoms with Gasteiger partial charge in [-0.25, -0.2) is 4.98 Å². The zero-order valence-electron chi connectivity index (χ0n) is 22.9. The first kappa shape index (κ1) is 26.6. The number of nitrogens with one attached hydrogen (secondary N) is 1. The fourth-order valence-electron chi connectivity index (χ4n) is 5.10. The van der Waals surface area contributed by atoms with Gasteiger partial charge in [0.05, 0.1) is 5.52 Å². The van der Waals surface area contributed by atoms with Gasteiger partial charge in [-0.05, 0) is 68.2 Å². The van der Waals surface area contributed by atoms with E-state index < -0.39 is 0 Å². The van der Waals surface area contributed by atoms with E-state index in [1.807, 2.05) is 38.2 Å². The number of hydrogen-bond acceptors (Lipinski definition) is 7. The number of carbonyl (C=O) groups is 1. The van der Waals surface area contributed by atoms with E-state index in [0.717, 1.165) is 59.9 Å². The molecule has 1 saturated carbocycles. The second-order valence-corrected chi connectivity index (χ2v) is 10.4. The van der Waals surface area contributed by atoms with E-state index in [9.17, 15) is 9.59 Å². The fraction of sp³-hybridized carbons (Fsp3) is 0.517. The number of pyridine rings is 1. The third-order valence-corrected chi connectivity index (χ3v) is 6.86. The topological polar surface area (TPSA) is 89.3 Å². The molecule has 3 aromatic rings. The van der Waals surface area contributed by atoms with Crippen LogP contribution in [0.1, 0.15) is 66.8 Å². The second-order valence-electron chi connectivity index (χ2n) is 10.4. The van der Waals surface area contributed by atoms with Crippen molar-refractivity contribution in [3.8, 4) is 5.75 Å². The number of nitrogens with zero attached hydrogens (tertiary/aromatic N) is 4. The molecule has 0 spiro atoms. The van der Waals surface area contributed by atoms with Crippen LogP contribution in [0.4, 0.5) is 17.5 Å². The lowest BCUT2D eigenvalue weighted by Gasteiger charge is -2.35. The fourth-order valence-corrected chi connectivity index (χ4v) is 5.10. The molecule has 0 amide bonds. The summed E-state index contributed by atoms with van der Waals surface area (Å²) in [7, 11) is 1.71. The zero-order valence-corrected chi connectivity index (χ0v) is 22.9. The molecule has 3 heterocycles. The monoisotopic (exact) mass is 507 g/mol. The standard InChI is InChI=1S/C27H33N5O3.C2H6.H2/c1-16-9-17(2)14-32(13-16)27-28-12-22(19-5-6-19)25(30-27)29-21-7-8-23-20(10-21)11-24(26(34)31(23)4)35-15-18(3)33;1-2;/h7-8,10-12,16-17,19H,5-6,9,13-15H2,1-4H3,(H,28,29,30);1-2H3;1H/t16-,17+;;. The minimum Gasteiger partial charge on any atom is -0.480 e. The number of piperidine rings is 1. The Labute approximate surface area is 220 Å². The molecule has 0 unspecified atom stereocenters. The van der Waals surface area contributed by atoms with Crippen LogP contribution in [0.3, 0.4) is 0 Å². The van der Waals surface area contributed by atoms with E-state index in [1.54, 1.807) is 17.7 Å². The van der Waals surface area contributed by atoms with Crippen molar-refractivity contribution in [3.63, 3.8) is 0 Å². The summed E-state index contributed by atoms with van der Waals surface area (Å²) in [5.41, 5.74) is 2.55. The molecule has 2 aliphatic rings. The van der Waals surface area contributed by atoms with Crippen molar-refractivity contribution < 1.29 is 11.0 Å². The highest BCUT2D eigenvalue weighted by atomic mass is 16.5. The molecule has 1 aliphatic heterocycles. The molecule has 2 atom stereocenters. The van der Waals surface area contributed by atoms with Crippen LogP contribution in [0.25, 0.3) is 10.9 Å². The summed E-state index contributed by atoms with van der Waals surface area (Å²) in [5, 5.41) is 4.38. The summed E-state index contributed by atoms with van der Waals surface area (Å²) in [5.74, 6) is 3.40. The van der Waals surface area contributed by atoms with Crippen LogP contribution in [-0.4, -0.2) is 40.0 Å². The molecule has 1 N–H and O–H groups in total. The van der Waals surface area contributed by atoms with Gasteiger partial charge in [0.1, 0.15) is 12.4 Å². The highest BCUT2D eigenvalue weighted by Gasteiger charge is 2.29. The van der Waals surface area contributed by atoms with E-state index >= 15 is 0 Å². The first-order valence-electron chi connectivity index (χ1n) is 13.4. The number of Topliss-reactive ketones (excluding diaryl/α,β-unsaturated/α-hetero) is 1. The van der Waals surface area contributed by atoms with E-state index in [2.05, 4.69) is 24.1 Å². The molecule has 1 aliphatic carbocycles. The highest BCUT2D eigenvalue weighted by Crippen LogP contribution is 2.43. The van der Waals surface area contributed by atoms with Crippen LogP contribution in [0.15, 0.2) is 35.3 Å². The average Bonchev–Trinajstić information content (AvgIpc) is 3.71. The summed E-state index contributed by atoms with van der Waals surface area (Å²) < 4.78 is 7.02. The number of anilines is 3. The summed E-state index contributed by atoms with van der Waals surface area (Å²) in [6.07, 6.45) is 5.54. The van der Waals surface area contributed by atoms with Crippen molar-refractivity contribution in [2.75, 3.05) is 29.9 Å². The van der Waals surface area contributed by atoms with Gasteiger partial charge in [0, 0.05) is 44.4 Å². The predicted octanol–water partition coefficient (Wildman–Crippen LogP) is 5.67. The number of ether oxygens (including phenoxy) is 1. The Bertz CT molecular complexity index is 1330. The number of hydrogen-bond donors (Lipinski definition) is 1. The number of rotatable bonds is 7. The smallest absolute Gasteiger partial charge is 0.293 e. The Balaban J connectivity index is 0.00000130. The van der Waals surface area contributed by atoms with Gasteiger partial charge in [0.25, 0.3) is 5.56 Å². The lowest BCUT2D eigenvalue weighted by atomic mass is 9.92. The molecule has 0 radical (unpaired) electrons. The first-order valence-corrected chi connectivity index (χ1v) is 13.4.